The zero-order valence-electron chi connectivity index (χ0n) is 18.0. The fourth-order valence-electron chi connectivity index (χ4n) is 4.32. The molecule has 2 fully saturated rings. The number of nitrogens with one attached hydrogen (secondary N) is 1. The van der Waals surface area contributed by atoms with E-state index < -0.39 is 10.0 Å². The molecular formula is C23H32ClN3O3S. The molecule has 31 heavy (non-hydrogen) atoms. The molecule has 1 unspecified atom stereocenters. The molecule has 2 saturated heterocycles. The van der Waals surface area contributed by atoms with Crippen LogP contribution < -0.4 is 9.62 Å². The Labute approximate surface area is 192 Å². The second-order valence-corrected chi connectivity index (χ2v) is 9.79. The lowest BCUT2D eigenvalue weighted by Crippen LogP contribution is -2.36. The zero-order chi connectivity index (χ0) is 21.0. The van der Waals surface area contributed by atoms with Crippen molar-refractivity contribution in [2.45, 2.75) is 30.6 Å². The van der Waals surface area contributed by atoms with E-state index >= 15 is 0 Å². The third kappa shape index (κ3) is 5.92. The highest BCUT2D eigenvalue weighted by molar-refractivity contribution is 7.92. The molecule has 8 heteroatoms. The summed E-state index contributed by atoms with van der Waals surface area (Å²) < 4.78 is 33.7. The van der Waals surface area contributed by atoms with Gasteiger partial charge in [0, 0.05) is 31.0 Å². The van der Waals surface area contributed by atoms with Gasteiger partial charge in [-0.15, -0.1) is 12.4 Å². The van der Waals surface area contributed by atoms with Gasteiger partial charge in [0.25, 0.3) is 10.0 Å². The molecule has 0 spiro atoms. The van der Waals surface area contributed by atoms with E-state index in [0.29, 0.717) is 24.8 Å². The molecule has 4 rings (SSSR count). The average Bonchev–Trinajstić information content (AvgIpc) is 3.24. The molecule has 0 amide bonds. The first-order valence-electron chi connectivity index (χ1n) is 10.8. The van der Waals surface area contributed by atoms with Crippen molar-refractivity contribution in [3.63, 3.8) is 0 Å². The molecule has 6 nitrogen and oxygen atoms in total. The minimum Gasteiger partial charge on any atom is -0.378 e. The minimum atomic E-state index is -3.61. The number of morpholine rings is 1. The van der Waals surface area contributed by atoms with Crippen LogP contribution in [0.15, 0.2) is 53.4 Å². The van der Waals surface area contributed by atoms with Gasteiger partial charge in [0.1, 0.15) is 0 Å². The highest BCUT2D eigenvalue weighted by atomic mass is 35.5. The number of anilines is 2. The summed E-state index contributed by atoms with van der Waals surface area (Å²) in [4.78, 5) is 4.98. The van der Waals surface area contributed by atoms with Gasteiger partial charge >= 0.3 is 0 Å². The zero-order valence-corrected chi connectivity index (χ0v) is 19.6. The van der Waals surface area contributed by atoms with Crippen LogP contribution in [0.2, 0.25) is 0 Å². The third-order valence-corrected chi connectivity index (χ3v) is 7.37. The fourth-order valence-corrected chi connectivity index (χ4v) is 5.38. The van der Waals surface area contributed by atoms with Crippen molar-refractivity contribution in [2.24, 2.45) is 0 Å². The van der Waals surface area contributed by atoms with Gasteiger partial charge in [-0.1, -0.05) is 19.1 Å². The summed E-state index contributed by atoms with van der Waals surface area (Å²) in [6, 6.07) is 14.9. The van der Waals surface area contributed by atoms with Crippen LogP contribution in [-0.2, 0) is 14.8 Å². The summed E-state index contributed by atoms with van der Waals surface area (Å²) in [5.74, 6) is 0.537. The predicted octanol–water partition coefficient (Wildman–Crippen LogP) is 3.95. The van der Waals surface area contributed by atoms with Crippen LogP contribution in [0.3, 0.4) is 0 Å². The smallest absolute Gasteiger partial charge is 0.261 e. The maximum atomic E-state index is 12.8. The molecule has 2 aromatic carbocycles. The first-order chi connectivity index (χ1) is 14.5. The Morgan fingerprint density at radius 1 is 1.00 bits per heavy atom. The lowest BCUT2D eigenvalue weighted by Gasteiger charge is -2.28. The van der Waals surface area contributed by atoms with Gasteiger partial charge in [0.2, 0.25) is 0 Å². The number of hydrogen-bond donors (Lipinski definition) is 1. The van der Waals surface area contributed by atoms with Gasteiger partial charge in [-0.25, -0.2) is 8.42 Å². The fraction of sp³-hybridized carbons (Fsp3) is 0.478. The van der Waals surface area contributed by atoms with Crippen molar-refractivity contribution < 1.29 is 13.2 Å². The number of benzene rings is 2. The first-order valence-corrected chi connectivity index (χ1v) is 12.3. The quantitative estimate of drug-likeness (QED) is 0.671. The SMILES string of the molecule is CCCN1CCC(c2ccc(NS(=O)(=O)c3ccc(N4CCOCC4)cc3)cc2)C1.Cl. The van der Waals surface area contributed by atoms with Crippen molar-refractivity contribution in [1.82, 2.24) is 4.90 Å². The summed E-state index contributed by atoms with van der Waals surface area (Å²) in [7, 11) is -3.61. The first kappa shape index (κ1) is 23.9. The Kier molecular flexibility index (Phi) is 8.22. The second kappa shape index (κ2) is 10.7. The van der Waals surface area contributed by atoms with Crippen molar-refractivity contribution in [3.8, 4) is 0 Å². The largest absolute Gasteiger partial charge is 0.378 e. The van der Waals surface area contributed by atoms with Gasteiger partial charge in [-0.2, -0.15) is 0 Å². The van der Waals surface area contributed by atoms with Gasteiger partial charge in [-0.05, 0) is 73.8 Å². The average molecular weight is 466 g/mol. The van der Waals surface area contributed by atoms with E-state index in [0.717, 1.165) is 38.4 Å². The predicted molar refractivity (Wildman–Crippen MR) is 128 cm³/mol. The van der Waals surface area contributed by atoms with Crippen LogP contribution in [0.25, 0.3) is 0 Å². The number of sulfonamides is 1. The van der Waals surface area contributed by atoms with Crippen LogP contribution in [0, 0.1) is 0 Å². The van der Waals surface area contributed by atoms with Crippen molar-refractivity contribution in [2.75, 3.05) is 55.6 Å². The summed E-state index contributed by atoms with van der Waals surface area (Å²) in [5.41, 5.74) is 2.90. The number of ether oxygens (including phenoxy) is 1. The van der Waals surface area contributed by atoms with Crippen molar-refractivity contribution in [1.29, 1.82) is 0 Å². The molecule has 170 valence electrons. The van der Waals surface area contributed by atoms with Gasteiger partial charge in [-0.3, -0.25) is 4.72 Å². The molecule has 0 aliphatic carbocycles. The third-order valence-electron chi connectivity index (χ3n) is 5.97. The maximum absolute atomic E-state index is 12.8. The van der Waals surface area contributed by atoms with Crippen LogP contribution >= 0.6 is 12.4 Å². The number of halogens is 1. The highest BCUT2D eigenvalue weighted by Crippen LogP contribution is 2.28. The van der Waals surface area contributed by atoms with E-state index in [1.165, 1.54) is 18.4 Å². The number of likely N-dealkylation sites (tertiary alicyclic amines) is 1. The number of nitrogens with zero attached hydrogens (tertiary/aromatic N) is 2. The number of rotatable bonds is 7. The van der Waals surface area contributed by atoms with Crippen molar-refractivity contribution in [3.05, 3.63) is 54.1 Å². The summed E-state index contributed by atoms with van der Waals surface area (Å²) in [5, 5.41) is 0. The second-order valence-electron chi connectivity index (χ2n) is 8.11. The Hall–Kier alpha value is -1.80. The molecule has 0 saturated carbocycles. The van der Waals surface area contributed by atoms with E-state index in [2.05, 4.69) is 33.6 Å². The lowest BCUT2D eigenvalue weighted by molar-refractivity contribution is 0.122. The van der Waals surface area contributed by atoms with Gasteiger partial charge in [0.15, 0.2) is 0 Å². The molecule has 1 atom stereocenters. The van der Waals surface area contributed by atoms with E-state index in [4.69, 9.17) is 4.74 Å². The molecule has 2 aromatic rings. The van der Waals surface area contributed by atoms with Gasteiger partial charge < -0.3 is 14.5 Å². The minimum absolute atomic E-state index is 0. The normalized spacial score (nSPS) is 19.8. The van der Waals surface area contributed by atoms with Crippen LogP contribution in [0.5, 0.6) is 0 Å². The summed E-state index contributed by atoms with van der Waals surface area (Å²) in [6.07, 6.45) is 2.35. The van der Waals surface area contributed by atoms with E-state index in [9.17, 15) is 8.42 Å². The Morgan fingerprint density at radius 3 is 2.32 bits per heavy atom. The summed E-state index contributed by atoms with van der Waals surface area (Å²) >= 11 is 0. The van der Waals surface area contributed by atoms with Crippen LogP contribution in [0.1, 0.15) is 31.2 Å². The van der Waals surface area contributed by atoms with E-state index in [-0.39, 0.29) is 17.3 Å². The molecule has 2 aliphatic heterocycles. The molecule has 2 aliphatic rings. The number of hydrogen-bond acceptors (Lipinski definition) is 5. The van der Waals surface area contributed by atoms with Gasteiger partial charge in [0.05, 0.1) is 18.1 Å². The Bertz CT molecular complexity index is 930. The van der Waals surface area contributed by atoms with Crippen molar-refractivity contribution >= 4 is 33.8 Å². The molecule has 0 radical (unpaired) electrons. The monoisotopic (exact) mass is 465 g/mol. The maximum Gasteiger partial charge on any atom is 0.261 e. The molecule has 1 N–H and O–H groups in total. The highest BCUT2D eigenvalue weighted by Gasteiger charge is 2.23. The van der Waals surface area contributed by atoms with Crippen LogP contribution in [0.4, 0.5) is 11.4 Å². The van der Waals surface area contributed by atoms with Crippen LogP contribution in [-0.4, -0.2) is 59.3 Å². The topological polar surface area (TPSA) is 61.9 Å². The standard InChI is InChI=1S/C23H31N3O3S.ClH/c1-2-12-25-13-11-20(18-25)19-3-5-21(6-4-19)24-30(27,28)23-9-7-22(8-10-23)26-14-16-29-17-15-26;/h3-10,20,24H,2,11-18H2,1H3;1H. The van der Waals surface area contributed by atoms with E-state index in [1.807, 2.05) is 24.3 Å². The van der Waals surface area contributed by atoms with E-state index in [1.54, 1.807) is 12.1 Å². The molecular weight excluding hydrogens is 434 g/mol. The molecule has 0 bridgehead atoms. The Balaban J connectivity index is 0.00000272. The lowest BCUT2D eigenvalue weighted by atomic mass is 9.98. The molecule has 0 aromatic heterocycles. The summed E-state index contributed by atoms with van der Waals surface area (Å²) in [6.45, 7) is 8.66. The molecule has 2 heterocycles. The Morgan fingerprint density at radius 2 is 1.68 bits per heavy atom.